The van der Waals surface area contributed by atoms with E-state index in [1.165, 1.54) is 16.0 Å². The lowest BCUT2D eigenvalue weighted by molar-refractivity contribution is 0.312. The Hall–Kier alpha value is -2.65. The van der Waals surface area contributed by atoms with Gasteiger partial charge in [-0.05, 0) is 12.1 Å². The van der Waals surface area contributed by atoms with Crippen LogP contribution in [0.25, 0.3) is 0 Å². The summed E-state index contributed by atoms with van der Waals surface area (Å²) in [5, 5.41) is 23.7. The van der Waals surface area contributed by atoms with Gasteiger partial charge in [0.2, 0.25) is 0 Å². The smallest absolute Gasteiger partial charge is 0.152 e. The van der Waals surface area contributed by atoms with Crippen molar-refractivity contribution in [3.63, 3.8) is 0 Å². The second-order valence-electron chi connectivity index (χ2n) is 1.27. The van der Waals surface area contributed by atoms with Crippen LogP contribution >= 0.6 is 0 Å². The van der Waals surface area contributed by atoms with Crippen molar-refractivity contribution in [1.29, 1.82) is 0 Å². The first kappa shape index (κ1) is 18.2. The van der Waals surface area contributed by atoms with Gasteiger partial charge in [0.15, 0.2) is 16.0 Å². The zero-order valence-electron chi connectivity index (χ0n) is 7.24. The quantitative estimate of drug-likeness (QED) is 0.440. The van der Waals surface area contributed by atoms with Crippen LogP contribution in [0.4, 0.5) is 0 Å². The first-order valence-electron chi connectivity index (χ1n) is 3.00. The molecule has 1 aromatic heterocycles. The zero-order chi connectivity index (χ0) is 12.4. The fourth-order valence-corrected chi connectivity index (χ4v) is 0.313. The Morgan fingerprint density at radius 3 is 1.07 bits per heavy atom. The van der Waals surface area contributed by atoms with Crippen LogP contribution < -0.4 is 0 Å². The van der Waals surface area contributed by atoms with Crippen molar-refractivity contribution in [3.05, 3.63) is 45.3 Å². The average molecular weight is 220 g/mol. The Morgan fingerprint density at radius 1 is 0.733 bits per heavy atom. The van der Waals surface area contributed by atoms with E-state index in [9.17, 15) is 0 Å². The van der Waals surface area contributed by atoms with Crippen LogP contribution in [0.1, 0.15) is 0 Å². The summed E-state index contributed by atoms with van der Waals surface area (Å²) in [6.07, 6.45) is 3.50. The predicted octanol–water partition coefficient (Wildman–Crippen LogP) is 1.51. The monoisotopic (exact) mass is 220 g/mol. The second kappa shape index (κ2) is 30.2. The summed E-state index contributed by atoms with van der Waals surface area (Å²) in [4.78, 5) is 28.1. The molecule has 0 fully saturated rings. The molecule has 1 heterocycles. The van der Waals surface area contributed by atoms with Crippen LogP contribution in [0.15, 0.2) is 46.6 Å². The maximum Gasteiger partial charge on any atom is 0.152 e. The van der Waals surface area contributed by atoms with Gasteiger partial charge in [-0.2, -0.15) is 0 Å². The number of aromatic nitrogens is 1. The SMILES string of the molecule is O=NO.O=NO.O=NO.c1ccncc1. The third kappa shape index (κ3) is 88.4. The van der Waals surface area contributed by atoms with Gasteiger partial charge in [0.1, 0.15) is 0 Å². The Labute approximate surface area is 83.0 Å². The molecule has 0 radical (unpaired) electrons. The molecule has 10 nitrogen and oxygen atoms in total. The fourth-order valence-electron chi connectivity index (χ4n) is 0.313. The predicted molar refractivity (Wildman–Crippen MR) is 47.0 cm³/mol. The van der Waals surface area contributed by atoms with Gasteiger partial charge in [0, 0.05) is 12.4 Å². The molecule has 0 aliphatic rings. The lowest BCUT2D eigenvalue weighted by Gasteiger charge is -1.70. The summed E-state index contributed by atoms with van der Waals surface area (Å²) in [7, 11) is 0. The van der Waals surface area contributed by atoms with Gasteiger partial charge in [-0.25, -0.2) is 0 Å². The summed E-state index contributed by atoms with van der Waals surface area (Å²) < 4.78 is 0. The van der Waals surface area contributed by atoms with Gasteiger partial charge in [-0.3, -0.25) is 4.98 Å². The summed E-state index contributed by atoms with van der Waals surface area (Å²) in [6.45, 7) is 0. The minimum Gasteiger partial charge on any atom is -0.379 e. The molecule has 10 heteroatoms. The zero-order valence-corrected chi connectivity index (χ0v) is 7.24. The van der Waals surface area contributed by atoms with Crippen molar-refractivity contribution in [1.82, 2.24) is 4.98 Å². The summed E-state index contributed by atoms with van der Waals surface area (Å²) in [5.41, 5.74) is 0. The molecule has 84 valence electrons. The molecular formula is C5H8N4O6. The Bertz CT molecular complexity index is 179. The molecule has 0 saturated carbocycles. The van der Waals surface area contributed by atoms with Crippen molar-refractivity contribution >= 4 is 0 Å². The molecular weight excluding hydrogens is 212 g/mol. The third-order valence-corrected chi connectivity index (χ3v) is 0.566. The molecule has 0 atom stereocenters. The van der Waals surface area contributed by atoms with Crippen LogP contribution in [-0.4, -0.2) is 20.6 Å². The van der Waals surface area contributed by atoms with Crippen molar-refractivity contribution in [2.24, 2.45) is 16.0 Å². The van der Waals surface area contributed by atoms with Crippen LogP contribution in [-0.2, 0) is 0 Å². The van der Waals surface area contributed by atoms with Crippen molar-refractivity contribution in [3.8, 4) is 0 Å². The molecule has 0 aromatic carbocycles. The van der Waals surface area contributed by atoms with Crippen LogP contribution in [0.2, 0.25) is 0 Å². The molecule has 1 aromatic rings. The van der Waals surface area contributed by atoms with Gasteiger partial charge in [-0.1, -0.05) is 6.07 Å². The summed E-state index contributed by atoms with van der Waals surface area (Å²) in [5.74, 6) is 0. The van der Waals surface area contributed by atoms with Crippen molar-refractivity contribution in [2.45, 2.75) is 0 Å². The molecule has 1 rings (SSSR count). The van der Waals surface area contributed by atoms with Crippen molar-refractivity contribution in [2.75, 3.05) is 0 Å². The maximum absolute atomic E-state index is 8.11. The van der Waals surface area contributed by atoms with E-state index < -0.39 is 0 Å². The van der Waals surface area contributed by atoms with Gasteiger partial charge in [-0.15, -0.1) is 14.7 Å². The number of hydrogen-bond donors (Lipinski definition) is 3. The largest absolute Gasteiger partial charge is 0.379 e. The van der Waals surface area contributed by atoms with Gasteiger partial charge in [0.25, 0.3) is 0 Å². The van der Waals surface area contributed by atoms with Gasteiger partial charge in [0.05, 0.1) is 0 Å². The number of pyridine rings is 1. The topological polar surface area (TPSA) is 162 Å². The van der Waals surface area contributed by atoms with E-state index in [-0.39, 0.29) is 0 Å². The minimum absolute atomic E-state index is 1.25. The molecule has 0 unspecified atom stereocenters. The maximum atomic E-state index is 8.11. The molecule has 0 saturated heterocycles. The van der Waals surface area contributed by atoms with Gasteiger partial charge < -0.3 is 15.6 Å². The highest BCUT2D eigenvalue weighted by Crippen LogP contribution is 1.73. The van der Waals surface area contributed by atoms with E-state index in [4.69, 9.17) is 30.3 Å². The first-order valence-corrected chi connectivity index (χ1v) is 3.00. The van der Waals surface area contributed by atoms with E-state index in [1.807, 2.05) is 18.2 Å². The first-order chi connectivity index (χ1) is 7.24. The molecule has 0 amide bonds. The van der Waals surface area contributed by atoms with Crippen LogP contribution in [0.3, 0.4) is 0 Å². The van der Waals surface area contributed by atoms with Crippen molar-refractivity contribution < 1.29 is 15.6 Å². The van der Waals surface area contributed by atoms with E-state index in [0.717, 1.165) is 0 Å². The van der Waals surface area contributed by atoms with E-state index >= 15 is 0 Å². The number of rotatable bonds is 0. The Kier molecular flexibility index (Phi) is 36.6. The van der Waals surface area contributed by atoms with Gasteiger partial charge >= 0.3 is 0 Å². The molecule has 0 bridgehead atoms. The molecule has 0 aliphatic heterocycles. The van der Waals surface area contributed by atoms with Crippen LogP contribution in [0.5, 0.6) is 0 Å². The highest BCUT2D eigenvalue weighted by molar-refractivity contribution is 4.88. The van der Waals surface area contributed by atoms with E-state index in [0.29, 0.717) is 0 Å². The van der Waals surface area contributed by atoms with Crippen LogP contribution in [0, 0.1) is 14.7 Å². The minimum atomic E-state index is 1.25. The molecule has 3 N–H and O–H groups in total. The lowest BCUT2D eigenvalue weighted by Crippen LogP contribution is -1.58. The molecule has 0 aliphatic carbocycles. The summed E-state index contributed by atoms with van der Waals surface area (Å²) >= 11 is 0. The number of hydrogen-bond acceptors (Lipinski definition) is 7. The molecule has 15 heavy (non-hydrogen) atoms. The third-order valence-electron chi connectivity index (χ3n) is 0.566. The Balaban J connectivity index is -0.000000140. The fraction of sp³-hybridized carbons (Fsp3) is 0. The normalized spacial score (nSPS) is 5.60. The standard InChI is InChI=1S/C5H5N.3HNO2/c1-2-4-6-5-3-1;3*2-1-3/h1-5H;3*(H,2,3). The lowest BCUT2D eigenvalue weighted by atomic mass is 10.5. The summed E-state index contributed by atoms with van der Waals surface area (Å²) in [6, 6.07) is 5.72. The highest BCUT2D eigenvalue weighted by Gasteiger charge is 1.58. The Morgan fingerprint density at radius 2 is 1.00 bits per heavy atom. The second-order valence-corrected chi connectivity index (χ2v) is 1.27. The van der Waals surface area contributed by atoms with E-state index in [2.05, 4.69) is 4.98 Å². The van der Waals surface area contributed by atoms with E-state index in [1.54, 1.807) is 12.4 Å². The number of nitrogens with zero attached hydrogens (tertiary/aromatic N) is 4. The molecule has 0 spiro atoms. The average Bonchev–Trinajstić information content (AvgIpc) is 2.24. The highest BCUT2D eigenvalue weighted by atomic mass is 16.6.